The lowest BCUT2D eigenvalue weighted by molar-refractivity contribution is 0.0792. The first-order chi connectivity index (χ1) is 6.25. The minimum absolute atomic E-state index is 0.114. The zero-order valence-electron chi connectivity index (χ0n) is 7.52. The Balaban J connectivity index is 2.48. The number of hydrogen-bond acceptors (Lipinski definition) is 5. The van der Waals surface area contributed by atoms with Crippen molar-refractivity contribution in [2.75, 3.05) is 25.6 Å². The summed E-state index contributed by atoms with van der Waals surface area (Å²) in [7, 11) is 1.72. The van der Waals surface area contributed by atoms with Crippen molar-refractivity contribution in [3.8, 4) is 0 Å². The number of thioether (sulfide) groups is 1. The van der Waals surface area contributed by atoms with Crippen molar-refractivity contribution in [3.05, 3.63) is 5.82 Å². The van der Waals surface area contributed by atoms with Gasteiger partial charge in [0.1, 0.15) is 0 Å². The molecule has 1 heterocycles. The molecule has 72 valence electrons. The number of nitrogens with zero attached hydrogens (tertiary/aromatic N) is 4. The predicted molar refractivity (Wildman–Crippen MR) is 49.5 cm³/mol. The van der Waals surface area contributed by atoms with E-state index < -0.39 is 0 Å². The van der Waals surface area contributed by atoms with Gasteiger partial charge in [-0.15, -0.1) is 10.2 Å². The Hall–Kier alpha value is -1.11. The van der Waals surface area contributed by atoms with Gasteiger partial charge in [0.05, 0.1) is 0 Å². The fourth-order valence-electron chi connectivity index (χ4n) is 0.753. The molecule has 7 heteroatoms. The SMILES string of the molecule is CSCCN(C)C(=O)c1nn[nH]n1. The van der Waals surface area contributed by atoms with Crippen LogP contribution in [0.4, 0.5) is 0 Å². The van der Waals surface area contributed by atoms with Crippen molar-refractivity contribution in [2.24, 2.45) is 0 Å². The van der Waals surface area contributed by atoms with Crippen molar-refractivity contribution in [1.82, 2.24) is 25.5 Å². The molecule has 0 unspecified atom stereocenters. The van der Waals surface area contributed by atoms with E-state index in [1.165, 1.54) is 0 Å². The number of hydrogen-bond donors (Lipinski definition) is 1. The molecule has 1 rings (SSSR count). The van der Waals surface area contributed by atoms with Gasteiger partial charge in [-0.05, 0) is 11.5 Å². The van der Waals surface area contributed by atoms with E-state index in [0.717, 1.165) is 5.75 Å². The Morgan fingerprint density at radius 3 is 3.00 bits per heavy atom. The summed E-state index contributed by atoms with van der Waals surface area (Å²) in [6, 6.07) is 0. The minimum Gasteiger partial charge on any atom is -0.338 e. The van der Waals surface area contributed by atoms with Crippen molar-refractivity contribution in [2.45, 2.75) is 0 Å². The molecule has 1 aromatic heterocycles. The molecule has 13 heavy (non-hydrogen) atoms. The largest absolute Gasteiger partial charge is 0.338 e. The first kappa shape index (κ1) is 9.97. The van der Waals surface area contributed by atoms with Gasteiger partial charge in [-0.2, -0.15) is 17.0 Å². The standard InChI is InChI=1S/C6H11N5OS/c1-11(3-4-13-2)6(12)5-7-9-10-8-5/h3-4H2,1-2H3,(H,7,8,9,10). The Morgan fingerprint density at radius 2 is 2.46 bits per heavy atom. The number of rotatable bonds is 4. The number of aromatic nitrogens is 4. The number of amides is 1. The van der Waals surface area contributed by atoms with Crippen LogP contribution in [-0.2, 0) is 0 Å². The van der Waals surface area contributed by atoms with Gasteiger partial charge in [-0.3, -0.25) is 4.79 Å². The number of aromatic amines is 1. The van der Waals surface area contributed by atoms with Crippen LogP contribution < -0.4 is 0 Å². The zero-order valence-corrected chi connectivity index (χ0v) is 8.34. The summed E-state index contributed by atoms with van der Waals surface area (Å²) < 4.78 is 0. The van der Waals surface area contributed by atoms with Crippen LogP contribution in [0.5, 0.6) is 0 Å². The molecule has 0 aliphatic carbocycles. The van der Waals surface area contributed by atoms with Gasteiger partial charge >= 0.3 is 0 Å². The molecule has 0 aliphatic rings. The number of H-pyrrole nitrogens is 1. The highest BCUT2D eigenvalue weighted by Gasteiger charge is 2.14. The normalized spacial score (nSPS) is 10.0. The van der Waals surface area contributed by atoms with E-state index in [0.29, 0.717) is 6.54 Å². The molecular formula is C6H11N5OS. The van der Waals surface area contributed by atoms with Crippen molar-refractivity contribution in [3.63, 3.8) is 0 Å². The highest BCUT2D eigenvalue weighted by molar-refractivity contribution is 7.98. The van der Waals surface area contributed by atoms with Gasteiger partial charge in [-0.25, -0.2) is 0 Å². The van der Waals surface area contributed by atoms with Gasteiger partial charge in [0.15, 0.2) is 0 Å². The molecule has 0 radical (unpaired) electrons. The summed E-state index contributed by atoms with van der Waals surface area (Å²) in [5.41, 5.74) is 0. The van der Waals surface area contributed by atoms with Gasteiger partial charge in [-0.1, -0.05) is 0 Å². The molecule has 0 saturated carbocycles. The summed E-state index contributed by atoms with van der Waals surface area (Å²) in [5.74, 6) is 0.812. The van der Waals surface area contributed by atoms with E-state index in [1.54, 1.807) is 23.7 Å². The summed E-state index contributed by atoms with van der Waals surface area (Å²) in [6.07, 6.45) is 1.99. The van der Waals surface area contributed by atoms with Crippen molar-refractivity contribution in [1.29, 1.82) is 0 Å². The smallest absolute Gasteiger partial charge is 0.295 e. The topological polar surface area (TPSA) is 74.8 Å². The van der Waals surface area contributed by atoms with E-state index in [4.69, 9.17) is 0 Å². The second-order valence-electron chi connectivity index (χ2n) is 2.45. The lowest BCUT2D eigenvalue weighted by Crippen LogP contribution is -2.29. The summed E-state index contributed by atoms with van der Waals surface area (Å²) in [6.45, 7) is 0.689. The van der Waals surface area contributed by atoms with Crippen LogP contribution in [0.15, 0.2) is 0 Å². The quantitative estimate of drug-likeness (QED) is 0.719. The predicted octanol–water partition coefficient (Wildman–Crippen LogP) is -0.365. The van der Waals surface area contributed by atoms with Crippen molar-refractivity contribution >= 4 is 17.7 Å². The third kappa shape index (κ3) is 2.69. The molecule has 1 aromatic rings. The molecule has 1 amide bonds. The van der Waals surface area contributed by atoms with Crippen LogP contribution in [0.25, 0.3) is 0 Å². The maximum Gasteiger partial charge on any atom is 0.295 e. The Morgan fingerprint density at radius 1 is 1.69 bits per heavy atom. The van der Waals surface area contributed by atoms with Crippen LogP contribution >= 0.6 is 11.8 Å². The lowest BCUT2D eigenvalue weighted by atomic mass is 10.5. The highest BCUT2D eigenvalue weighted by atomic mass is 32.2. The zero-order chi connectivity index (χ0) is 9.68. The molecule has 0 aliphatic heterocycles. The Labute approximate surface area is 80.1 Å². The average Bonchev–Trinajstić information content (AvgIpc) is 2.65. The van der Waals surface area contributed by atoms with Gasteiger partial charge in [0.25, 0.3) is 11.7 Å². The van der Waals surface area contributed by atoms with Gasteiger partial charge < -0.3 is 4.90 Å². The van der Waals surface area contributed by atoms with Crippen LogP contribution in [0, 0.1) is 0 Å². The molecule has 6 nitrogen and oxygen atoms in total. The summed E-state index contributed by atoms with van der Waals surface area (Å²) in [4.78, 5) is 13.0. The minimum atomic E-state index is -0.206. The van der Waals surface area contributed by atoms with E-state index in [2.05, 4.69) is 20.6 Å². The van der Waals surface area contributed by atoms with E-state index >= 15 is 0 Å². The average molecular weight is 201 g/mol. The number of carbonyl (C=O) groups excluding carboxylic acids is 1. The number of tetrazole rings is 1. The van der Waals surface area contributed by atoms with Gasteiger partial charge in [0, 0.05) is 19.3 Å². The van der Waals surface area contributed by atoms with Crippen LogP contribution in [-0.4, -0.2) is 57.0 Å². The van der Waals surface area contributed by atoms with E-state index in [1.807, 2.05) is 6.26 Å². The van der Waals surface area contributed by atoms with Crippen LogP contribution in [0.3, 0.4) is 0 Å². The first-order valence-electron chi connectivity index (χ1n) is 3.73. The molecule has 0 bridgehead atoms. The molecule has 0 aromatic carbocycles. The molecule has 0 atom stereocenters. The molecule has 0 fully saturated rings. The summed E-state index contributed by atoms with van der Waals surface area (Å²) >= 11 is 1.69. The maximum atomic E-state index is 11.4. The fourth-order valence-corrected chi connectivity index (χ4v) is 1.21. The maximum absolute atomic E-state index is 11.4. The van der Waals surface area contributed by atoms with E-state index in [9.17, 15) is 4.79 Å². The molecular weight excluding hydrogens is 190 g/mol. The highest BCUT2D eigenvalue weighted by Crippen LogP contribution is 1.97. The second kappa shape index (κ2) is 4.80. The monoisotopic (exact) mass is 201 g/mol. The van der Waals surface area contributed by atoms with Crippen molar-refractivity contribution < 1.29 is 4.79 Å². The molecule has 0 spiro atoms. The number of carbonyl (C=O) groups is 1. The molecule has 1 N–H and O–H groups in total. The van der Waals surface area contributed by atoms with Gasteiger partial charge in [0.2, 0.25) is 0 Å². The van der Waals surface area contributed by atoms with Crippen LogP contribution in [0.1, 0.15) is 10.6 Å². The number of nitrogens with one attached hydrogen (secondary N) is 1. The Bertz CT molecular complexity index is 262. The second-order valence-corrected chi connectivity index (χ2v) is 3.44. The Kier molecular flexibility index (Phi) is 3.69. The fraction of sp³-hybridized carbons (Fsp3) is 0.667. The third-order valence-corrected chi connectivity index (χ3v) is 2.10. The lowest BCUT2D eigenvalue weighted by Gasteiger charge is -2.13. The third-order valence-electron chi connectivity index (χ3n) is 1.51. The molecule has 0 saturated heterocycles. The van der Waals surface area contributed by atoms with Crippen LogP contribution in [0.2, 0.25) is 0 Å². The summed E-state index contributed by atoms with van der Waals surface area (Å²) in [5, 5.41) is 12.8. The first-order valence-corrected chi connectivity index (χ1v) is 5.13. The van der Waals surface area contributed by atoms with E-state index in [-0.39, 0.29) is 11.7 Å².